The van der Waals surface area contributed by atoms with E-state index < -0.39 is 24.0 Å². The molecule has 6 heteroatoms. The minimum Gasteiger partial charge on any atom is -0.449 e. The van der Waals surface area contributed by atoms with Crippen LogP contribution in [-0.4, -0.2) is 31.1 Å². The molecule has 1 atom stereocenters. The molecule has 0 fully saturated rings. The maximum atomic E-state index is 11.8. The molecule has 1 aromatic rings. The number of carbonyl (C=O) groups excluding carboxylic acids is 3. The van der Waals surface area contributed by atoms with Crippen LogP contribution in [0.2, 0.25) is 0 Å². The summed E-state index contributed by atoms with van der Waals surface area (Å²) in [4.78, 5) is 34.3. The van der Waals surface area contributed by atoms with Gasteiger partial charge in [0.1, 0.15) is 0 Å². The Balaban J connectivity index is 2.64. The number of aryl methyl sites for hydroxylation is 1. The molecule has 102 valence electrons. The van der Waals surface area contributed by atoms with Crippen molar-refractivity contribution in [3.63, 3.8) is 0 Å². The van der Waals surface area contributed by atoms with Crippen LogP contribution in [0.25, 0.3) is 0 Å². The van der Waals surface area contributed by atoms with Gasteiger partial charge in [-0.05, 0) is 25.5 Å². The van der Waals surface area contributed by atoms with E-state index >= 15 is 0 Å². The van der Waals surface area contributed by atoms with Gasteiger partial charge in [0.15, 0.2) is 6.10 Å². The first-order chi connectivity index (χ1) is 8.95. The second kappa shape index (κ2) is 6.53. The van der Waals surface area contributed by atoms with Crippen LogP contribution in [0.1, 0.15) is 22.8 Å². The fourth-order valence-corrected chi connectivity index (χ4v) is 1.36. The van der Waals surface area contributed by atoms with Crippen molar-refractivity contribution in [2.45, 2.75) is 20.0 Å². The average Bonchev–Trinajstić information content (AvgIpc) is 2.38. The number of imide groups is 1. The highest BCUT2D eigenvalue weighted by molar-refractivity contribution is 5.98. The van der Waals surface area contributed by atoms with Gasteiger partial charge in [-0.1, -0.05) is 18.2 Å². The van der Waals surface area contributed by atoms with E-state index in [1.165, 1.54) is 14.0 Å². The summed E-state index contributed by atoms with van der Waals surface area (Å²) in [5.41, 5.74) is 1.15. The van der Waals surface area contributed by atoms with E-state index in [2.05, 4.69) is 5.32 Å². The summed E-state index contributed by atoms with van der Waals surface area (Å²) in [5.74, 6) is -1.28. The van der Waals surface area contributed by atoms with Gasteiger partial charge in [-0.2, -0.15) is 0 Å². The smallest absolute Gasteiger partial charge is 0.339 e. The lowest BCUT2D eigenvalue weighted by Gasteiger charge is -2.13. The molecule has 0 spiro atoms. The van der Waals surface area contributed by atoms with Crippen molar-refractivity contribution in [1.29, 1.82) is 0 Å². The molecule has 0 radical (unpaired) electrons. The Morgan fingerprint density at radius 2 is 1.84 bits per heavy atom. The predicted molar refractivity (Wildman–Crippen MR) is 68.7 cm³/mol. The summed E-state index contributed by atoms with van der Waals surface area (Å²) in [5, 5.41) is 4.27. The first kappa shape index (κ1) is 14.7. The topological polar surface area (TPSA) is 84.5 Å². The second-order valence-electron chi connectivity index (χ2n) is 3.93. The average molecular weight is 264 g/mol. The maximum absolute atomic E-state index is 11.8. The van der Waals surface area contributed by atoms with Gasteiger partial charge in [0, 0.05) is 7.05 Å². The third-order valence-electron chi connectivity index (χ3n) is 2.48. The zero-order chi connectivity index (χ0) is 14.4. The first-order valence-electron chi connectivity index (χ1n) is 5.75. The van der Waals surface area contributed by atoms with E-state index in [-0.39, 0.29) is 0 Å². The lowest BCUT2D eigenvalue weighted by molar-refractivity contribution is -0.127. The summed E-state index contributed by atoms with van der Waals surface area (Å²) in [6, 6.07) is 6.24. The molecule has 0 aliphatic rings. The van der Waals surface area contributed by atoms with Crippen LogP contribution in [0.15, 0.2) is 24.3 Å². The first-order valence-corrected chi connectivity index (χ1v) is 5.75. The lowest BCUT2D eigenvalue weighted by atomic mass is 10.1. The van der Waals surface area contributed by atoms with Gasteiger partial charge in [-0.15, -0.1) is 0 Å². The molecule has 1 aromatic carbocycles. The zero-order valence-corrected chi connectivity index (χ0v) is 11.0. The summed E-state index contributed by atoms with van der Waals surface area (Å²) in [7, 11) is 1.38. The minimum absolute atomic E-state index is 0.391. The molecule has 0 saturated heterocycles. The van der Waals surface area contributed by atoms with Crippen molar-refractivity contribution in [2.75, 3.05) is 7.05 Å². The Hall–Kier alpha value is -2.37. The summed E-state index contributed by atoms with van der Waals surface area (Å²) < 4.78 is 4.99. The van der Waals surface area contributed by atoms with Gasteiger partial charge in [-0.3, -0.25) is 10.1 Å². The van der Waals surface area contributed by atoms with E-state index in [9.17, 15) is 14.4 Å². The Kier molecular flexibility index (Phi) is 5.05. The third kappa shape index (κ3) is 4.09. The van der Waals surface area contributed by atoms with Gasteiger partial charge in [-0.25, -0.2) is 9.59 Å². The quantitative estimate of drug-likeness (QED) is 0.797. The minimum atomic E-state index is -1.05. The van der Waals surface area contributed by atoms with E-state index in [1.807, 2.05) is 5.32 Å². The van der Waals surface area contributed by atoms with E-state index in [0.29, 0.717) is 5.56 Å². The van der Waals surface area contributed by atoms with Crippen LogP contribution < -0.4 is 10.6 Å². The van der Waals surface area contributed by atoms with E-state index in [0.717, 1.165) is 5.56 Å². The highest BCUT2D eigenvalue weighted by atomic mass is 16.5. The molecule has 1 rings (SSSR count). The molecule has 2 N–H and O–H groups in total. The molecule has 0 saturated carbocycles. The molecule has 0 heterocycles. The fourth-order valence-electron chi connectivity index (χ4n) is 1.36. The number of ether oxygens (including phenoxy) is 1. The largest absolute Gasteiger partial charge is 0.449 e. The van der Waals surface area contributed by atoms with Gasteiger partial charge < -0.3 is 10.1 Å². The molecular formula is C13H16N2O4. The van der Waals surface area contributed by atoms with Gasteiger partial charge in [0.2, 0.25) is 0 Å². The number of esters is 1. The standard InChI is InChI=1S/C13H16N2O4/c1-8-6-4-5-7-10(8)12(17)19-9(2)11(16)15-13(18)14-3/h4-7,9H,1-3H3,(H2,14,15,16,18)/t9-/m0/s1. The van der Waals surface area contributed by atoms with Crippen LogP contribution in [0.5, 0.6) is 0 Å². The number of amides is 3. The second-order valence-corrected chi connectivity index (χ2v) is 3.93. The molecule has 0 aliphatic carbocycles. The lowest BCUT2D eigenvalue weighted by Crippen LogP contribution is -2.43. The van der Waals surface area contributed by atoms with Crippen molar-refractivity contribution in [2.24, 2.45) is 0 Å². The number of hydrogen-bond donors (Lipinski definition) is 2. The Morgan fingerprint density at radius 3 is 2.42 bits per heavy atom. The summed E-state index contributed by atoms with van der Waals surface area (Å²) in [6.45, 7) is 3.17. The number of rotatable bonds is 3. The van der Waals surface area contributed by atoms with Crippen molar-refractivity contribution in [1.82, 2.24) is 10.6 Å². The normalized spacial score (nSPS) is 11.3. The molecule has 0 bridgehead atoms. The maximum Gasteiger partial charge on any atom is 0.339 e. The molecule has 0 unspecified atom stereocenters. The molecule has 19 heavy (non-hydrogen) atoms. The summed E-state index contributed by atoms with van der Waals surface area (Å²) >= 11 is 0. The Labute approximate surface area is 111 Å². The van der Waals surface area contributed by atoms with Crippen molar-refractivity contribution in [3.05, 3.63) is 35.4 Å². The van der Waals surface area contributed by atoms with E-state index in [4.69, 9.17) is 4.74 Å². The Morgan fingerprint density at radius 1 is 1.21 bits per heavy atom. The SMILES string of the molecule is CNC(=O)NC(=O)[C@H](C)OC(=O)c1ccccc1C. The van der Waals surface area contributed by atoms with Crippen LogP contribution in [0, 0.1) is 6.92 Å². The highest BCUT2D eigenvalue weighted by Gasteiger charge is 2.21. The molecule has 0 aliphatic heterocycles. The van der Waals surface area contributed by atoms with Crippen LogP contribution in [-0.2, 0) is 9.53 Å². The number of hydrogen-bond acceptors (Lipinski definition) is 4. The van der Waals surface area contributed by atoms with E-state index in [1.54, 1.807) is 31.2 Å². The van der Waals surface area contributed by atoms with Crippen LogP contribution in [0.4, 0.5) is 4.79 Å². The van der Waals surface area contributed by atoms with Gasteiger partial charge in [0.05, 0.1) is 5.56 Å². The number of benzene rings is 1. The Bertz CT molecular complexity index is 499. The monoisotopic (exact) mass is 264 g/mol. The summed E-state index contributed by atoms with van der Waals surface area (Å²) in [6.07, 6.45) is -1.05. The molecule has 6 nitrogen and oxygen atoms in total. The molecule has 3 amide bonds. The van der Waals surface area contributed by atoms with Gasteiger partial charge >= 0.3 is 12.0 Å². The number of nitrogens with one attached hydrogen (secondary N) is 2. The van der Waals surface area contributed by atoms with Crippen LogP contribution in [0.3, 0.4) is 0 Å². The van der Waals surface area contributed by atoms with Crippen molar-refractivity contribution in [3.8, 4) is 0 Å². The van der Waals surface area contributed by atoms with Gasteiger partial charge in [0.25, 0.3) is 5.91 Å². The number of carbonyl (C=O) groups is 3. The number of urea groups is 1. The fraction of sp³-hybridized carbons (Fsp3) is 0.308. The predicted octanol–water partition coefficient (Wildman–Crippen LogP) is 0.996. The van der Waals surface area contributed by atoms with Crippen molar-refractivity contribution >= 4 is 17.9 Å². The van der Waals surface area contributed by atoms with Crippen LogP contribution >= 0.6 is 0 Å². The molecular weight excluding hydrogens is 248 g/mol. The zero-order valence-electron chi connectivity index (χ0n) is 11.0. The van der Waals surface area contributed by atoms with Crippen molar-refractivity contribution < 1.29 is 19.1 Å². The highest BCUT2D eigenvalue weighted by Crippen LogP contribution is 2.09. The third-order valence-corrected chi connectivity index (χ3v) is 2.48. The molecule has 0 aromatic heterocycles.